The topological polar surface area (TPSA) is 30.4 Å². The second-order valence-electron chi connectivity index (χ2n) is 8.42. The first-order valence-electron chi connectivity index (χ1n) is 10.8. The average Bonchev–Trinajstić information content (AvgIpc) is 3.49. The van der Waals surface area contributed by atoms with E-state index >= 15 is 0 Å². The number of rotatable bonds is 1. The highest BCUT2D eigenvalue weighted by atomic mass is 16.3. The monoisotopic (exact) mass is 408 g/mol. The Hall–Kier alpha value is -4.37. The van der Waals surface area contributed by atoms with Gasteiger partial charge in [0.15, 0.2) is 0 Å². The molecule has 0 saturated carbocycles. The largest absolute Gasteiger partial charge is 0.456 e. The van der Waals surface area contributed by atoms with E-state index in [2.05, 4.69) is 82.2 Å². The summed E-state index contributed by atoms with van der Waals surface area (Å²) in [5.74, 6) is 0. The Balaban J connectivity index is 1.65. The summed E-state index contributed by atoms with van der Waals surface area (Å²) in [7, 11) is 0. The fourth-order valence-electron chi connectivity index (χ4n) is 5.47. The lowest BCUT2D eigenvalue weighted by molar-refractivity contribution is 0.669. The Bertz CT molecular complexity index is 1980. The summed E-state index contributed by atoms with van der Waals surface area (Å²) in [6, 6.07) is 32.0. The first-order chi connectivity index (χ1) is 15.9. The average molecular weight is 408 g/mol. The number of nitrogens with zero attached hydrogens (tertiary/aromatic N) is 2. The number of furan rings is 1. The van der Waals surface area contributed by atoms with Crippen molar-refractivity contribution in [3.05, 3.63) is 97.2 Å². The predicted octanol–water partition coefficient (Wildman–Crippen LogP) is 7.80. The van der Waals surface area contributed by atoms with Gasteiger partial charge in [-0.2, -0.15) is 0 Å². The Morgan fingerprint density at radius 2 is 1.41 bits per heavy atom. The molecule has 0 atom stereocenters. The highest BCUT2D eigenvalue weighted by Gasteiger charge is 2.22. The van der Waals surface area contributed by atoms with E-state index in [-0.39, 0.29) is 0 Å². The molecule has 148 valence electrons. The number of benzene rings is 4. The van der Waals surface area contributed by atoms with Crippen LogP contribution in [0.15, 0.2) is 102 Å². The third kappa shape index (κ3) is 1.89. The van der Waals surface area contributed by atoms with Gasteiger partial charge in [-0.3, -0.25) is 4.98 Å². The van der Waals surface area contributed by atoms with Crippen LogP contribution in [0, 0.1) is 0 Å². The summed E-state index contributed by atoms with van der Waals surface area (Å²) in [6.45, 7) is 0. The molecule has 4 aromatic carbocycles. The van der Waals surface area contributed by atoms with Gasteiger partial charge in [0.05, 0.1) is 22.2 Å². The third-order valence-electron chi connectivity index (χ3n) is 6.77. The molecule has 0 N–H and O–H groups in total. The van der Waals surface area contributed by atoms with Gasteiger partial charge in [0.1, 0.15) is 11.2 Å². The summed E-state index contributed by atoms with van der Waals surface area (Å²) in [4.78, 5) is 4.56. The molecule has 3 nitrogen and oxygen atoms in total. The van der Waals surface area contributed by atoms with Crippen LogP contribution in [0.5, 0.6) is 0 Å². The van der Waals surface area contributed by atoms with Crippen molar-refractivity contribution in [3.8, 4) is 11.3 Å². The van der Waals surface area contributed by atoms with E-state index in [0.717, 1.165) is 22.4 Å². The van der Waals surface area contributed by atoms with Gasteiger partial charge in [0.25, 0.3) is 0 Å². The Labute approximate surface area is 182 Å². The minimum absolute atomic E-state index is 0.931. The molecule has 8 rings (SSSR count). The van der Waals surface area contributed by atoms with Gasteiger partial charge >= 0.3 is 0 Å². The summed E-state index contributed by atoms with van der Waals surface area (Å²) in [6.07, 6.45) is 1.85. The summed E-state index contributed by atoms with van der Waals surface area (Å²) >= 11 is 0. The molecule has 3 heteroatoms. The maximum Gasteiger partial charge on any atom is 0.136 e. The minimum Gasteiger partial charge on any atom is -0.456 e. The van der Waals surface area contributed by atoms with Crippen molar-refractivity contribution in [1.29, 1.82) is 0 Å². The van der Waals surface area contributed by atoms with Crippen LogP contribution in [-0.2, 0) is 0 Å². The molecule has 0 spiro atoms. The molecule has 8 aromatic rings. The zero-order chi connectivity index (χ0) is 20.8. The van der Waals surface area contributed by atoms with Gasteiger partial charge < -0.3 is 8.82 Å². The van der Waals surface area contributed by atoms with Crippen molar-refractivity contribution in [2.45, 2.75) is 0 Å². The van der Waals surface area contributed by atoms with E-state index in [1.807, 2.05) is 24.4 Å². The van der Waals surface area contributed by atoms with Crippen LogP contribution in [0.3, 0.4) is 0 Å². The van der Waals surface area contributed by atoms with Crippen molar-refractivity contribution in [2.24, 2.45) is 0 Å². The lowest BCUT2D eigenvalue weighted by atomic mass is 10.0. The van der Waals surface area contributed by atoms with E-state index < -0.39 is 0 Å². The van der Waals surface area contributed by atoms with E-state index in [9.17, 15) is 0 Å². The molecule has 0 bridgehead atoms. The van der Waals surface area contributed by atoms with Crippen LogP contribution < -0.4 is 0 Å². The van der Waals surface area contributed by atoms with E-state index in [0.29, 0.717) is 0 Å². The van der Waals surface area contributed by atoms with Gasteiger partial charge in [0.2, 0.25) is 0 Å². The smallest absolute Gasteiger partial charge is 0.136 e. The van der Waals surface area contributed by atoms with Gasteiger partial charge in [-0.25, -0.2) is 0 Å². The third-order valence-corrected chi connectivity index (χ3v) is 6.77. The fraction of sp³-hybridized carbons (Fsp3) is 0. The second kappa shape index (κ2) is 5.65. The fourth-order valence-corrected chi connectivity index (χ4v) is 5.47. The molecule has 0 amide bonds. The molecule has 0 aliphatic carbocycles. The molecule has 4 heterocycles. The predicted molar refractivity (Wildman–Crippen MR) is 132 cm³/mol. The molecule has 0 fully saturated rings. The number of pyridine rings is 1. The molecule has 0 saturated heterocycles. The van der Waals surface area contributed by atoms with Crippen molar-refractivity contribution < 1.29 is 4.42 Å². The zero-order valence-corrected chi connectivity index (χ0v) is 17.0. The number of aromatic nitrogens is 2. The normalized spacial score (nSPS) is 12.4. The Morgan fingerprint density at radius 3 is 2.31 bits per heavy atom. The first-order valence-corrected chi connectivity index (χ1v) is 10.8. The van der Waals surface area contributed by atoms with Crippen molar-refractivity contribution >= 4 is 60.0 Å². The van der Waals surface area contributed by atoms with Gasteiger partial charge in [-0.1, -0.05) is 48.5 Å². The molecule has 0 aliphatic rings. The van der Waals surface area contributed by atoms with Crippen molar-refractivity contribution in [2.75, 3.05) is 0 Å². The van der Waals surface area contributed by atoms with Gasteiger partial charge in [-0.15, -0.1) is 0 Å². The Morgan fingerprint density at radius 1 is 0.594 bits per heavy atom. The van der Waals surface area contributed by atoms with Crippen LogP contribution in [-0.4, -0.2) is 9.38 Å². The summed E-state index contributed by atoms with van der Waals surface area (Å²) in [5.41, 5.74) is 7.68. The lowest BCUT2D eigenvalue weighted by Gasteiger charge is -2.02. The van der Waals surface area contributed by atoms with Crippen LogP contribution in [0.4, 0.5) is 0 Å². The number of fused-ring (bicyclic) bond motifs is 10. The summed E-state index contributed by atoms with van der Waals surface area (Å²) < 4.78 is 8.77. The lowest BCUT2D eigenvalue weighted by Crippen LogP contribution is -1.83. The van der Waals surface area contributed by atoms with E-state index in [1.54, 1.807) is 0 Å². The van der Waals surface area contributed by atoms with E-state index in [1.165, 1.54) is 48.9 Å². The van der Waals surface area contributed by atoms with Crippen LogP contribution in [0.25, 0.3) is 71.3 Å². The van der Waals surface area contributed by atoms with Gasteiger partial charge in [0, 0.05) is 44.1 Å². The molecular weight excluding hydrogens is 392 g/mol. The van der Waals surface area contributed by atoms with Crippen LogP contribution in [0.2, 0.25) is 0 Å². The molecular formula is C29H16N2O. The quantitative estimate of drug-likeness (QED) is 0.277. The number of para-hydroxylation sites is 2. The molecule has 0 radical (unpaired) electrons. The molecule has 4 aromatic heterocycles. The molecule has 0 unspecified atom stereocenters. The highest BCUT2D eigenvalue weighted by molar-refractivity contribution is 6.34. The van der Waals surface area contributed by atoms with Crippen LogP contribution in [0.1, 0.15) is 0 Å². The van der Waals surface area contributed by atoms with Crippen LogP contribution >= 0.6 is 0 Å². The SMILES string of the molecule is c1ccc(-c2ccc3c(c2)c2cc4oc5ccccc5c4c4c5ccccc5n3c24)nc1. The number of hydrogen-bond acceptors (Lipinski definition) is 2. The maximum absolute atomic E-state index is 6.35. The molecule has 32 heavy (non-hydrogen) atoms. The first kappa shape index (κ1) is 16.3. The highest BCUT2D eigenvalue weighted by Crippen LogP contribution is 2.46. The minimum atomic E-state index is 0.931. The second-order valence-corrected chi connectivity index (χ2v) is 8.42. The standard InChI is InChI=1S/C29H16N2O/c1-3-10-23-18(7-1)28-27-19-8-2-4-11-25(19)32-26(27)16-21-20-15-17(22-9-5-6-14-30-22)12-13-24(20)31(23)29(21)28/h1-16H. The van der Waals surface area contributed by atoms with Gasteiger partial charge in [-0.05, 0) is 42.5 Å². The van der Waals surface area contributed by atoms with Crippen molar-refractivity contribution in [3.63, 3.8) is 0 Å². The Kier molecular flexibility index (Phi) is 2.89. The maximum atomic E-state index is 6.35. The zero-order valence-electron chi connectivity index (χ0n) is 17.0. The number of hydrogen-bond donors (Lipinski definition) is 0. The summed E-state index contributed by atoms with van der Waals surface area (Å²) in [5, 5.41) is 7.35. The van der Waals surface area contributed by atoms with E-state index in [4.69, 9.17) is 4.42 Å². The molecule has 0 aliphatic heterocycles. The van der Waals surface area contributed by atoms with Crippen molar-refractivity contribution in [1.82, 2.24) is 9.38 Å².